The average molecular weight is 435 g/mol. The number of benzene rings is 3. The summed E-state index contributed by atoms with van der Waals surface area (Å²) in [4.78, 5) is 12.5. The summed E-state index contributed by atoms with van der Waals surface area (Å²) >= 11 is 3.55. The van der Waals surface area contributed by atoms with Gasteiger partial charge in [-0.3, -0.25) is 4.79 Å². The van der Waals surface area contributed by atoms with E-state index in [1.54, 1.807) is 6.08 Å². The maximum Gasteiger partial charge on any atom is 0.266 e. The number of halogens is 2. The Kier molecular flexibility index (Phi) is 6.36. The first kappa shape index (κ1) is 19.5. The van der Waals surface area contributed by atoms with Crippen molar-refractivity contribution in [1.29, 1.82) is 5.26 Å². The molecule has 0 spiro atoms. The van der Waals surface area contributed by atoms with Crippen LogP contribution in [0.1, 0.15) is 16.7 Å². The van der Waals surface area contributed by atoms with E-state index in [0.717, 1.165) is 21.2 Å². The molecule has 0 heterocycles. The predicted octanol–water partition coefficient (Wildman–Crippen LogP) is 5.72. The summed E-state index contributed by atoms with van der Waals surface area (Å²) in [5.74, 6) is -0.931. The molecule has 3 nitrogen and oxygen atoms in total. The van der Waals surface area contributed by atoms with Crippen molar-refractivity contribution < 1.29 is 9.18 Å². The van der Waals surface area contributed by atoms with Crippen LogP contribution in [0, 0.1) is 17.1 Å². The van der Waals surface area contributed by atoms with Crippen LogP contribution in [-0.2, 0) is 11.2 Å². The molecule has 1 amide bonds. The molecule has 0 aromatic heterocycles. The largest absolute Gasteiger partial charge is 0.321 e. The lowest BCUT2D eigenvalue weighted by Gasteiger charge is -2.09. The van der Waals surface area contributed by atoms with Crippen molar-refractivity contribution in [2.24, 2.45) is 0 Å². The maximum absolute atomic E-state index is 13.0. The van der Waals surface area contributed by atoms with Crippen LogP contribution in [0.4, 0.5) is 10.1 Å². The molecule has 3 aromatic carbocycles. The summed E-state index contributed by atoms with van der Waals surface area (Å²) in [5, 5.41) is 12.1. The van der Waals surface area contributed by atoms with Gasteiger partial charge in [-0.1, -0.05) is 58.4 Å². The highest BCUT2D eigenvalue weighted by molar-refractivity contribution is 9.10. The van der Waals surface area contributed by atoms with Crippen molar-refractivity contribution in [3.63, 3.8) is 0 Å². The van der Waals surface area contributed by atoms with Crippen LogP contribution in [0.3, 0.4) is 0 Å². The van der Waals surface area contributed by atoms with Crippen LogP contribution < -0.4 is 5.32 Å². The lowest BCUT2D eigenvalue weighted by Crippen LogP contribution is -2.13. The Bertz CT molecular complexity index is 1070. The SMILES string of the molecule is N#C/C(=C\c1ccccc1Cc1ccccc1Br)C(=O)Nc1ccc(F)cc1. The Morgan fingerprint density at radius 3 is 2.32 bits per heavy atom. The molecule has 28 heavy (non-hydrogen) atoms. The van der Waals surface area contributed by atoms with Crippen molar-refractivity contribution in [2.45, 2.75) is 6.42 Å². The number of anilines is 1. The summed E-state index contributed by atoms with van der Waals surface area (Å²) in [6.45, 7) is 0. The van der Waals surface area contributed by atoms with Gasteiger partial charge in [0.1, 0.15) is 17.5 Å². The quantitative estimate of drug-likeness (QED) is 0.412. The van der Waals surface area contributed by atoms with Gasteiger partial charge in [-0.15, -0.1) is 0 Å². The molecule has 0 saturated heterocycles. The van der Waals surface area contributed by atoms with Gasteiger partial charge in [0.2, 0.25) is 0 Å². The summed E-state index contributed by atoms with van der Waals surface area (Å²) < 4.78 is 14.0. The molecule has 0 atom stereocenters. The zero-order valence-electron chi connectivity index (χ0n) is 14.8. The van der Waals surface area contributed by atoms with Crippen LogP contribution >= 0.6 is 15.9 Å². The second kappa shape index (κ2) is 9.12. The topological polar surface area (TPSA) is 52.9 Å². The minimum Gasteiger partial charge on any atom is -0.321 e. The molecule has 1 N–H and O–H groups in total. The van der Waals surface area contributed by atoms with Crippen molar-refractivity contribution in [3.05, 3.63) is 105 Å². The van der Waals surface area contributed by atoms with E-state index in [0.29, 0.717) is 12.1 Å². The van der Waals surface area contributed by atoms with E-state index < -0.39 is 11.7 Å². The Balaban J connectivity index is 1.86. The van der Waals surface area contributed by atoms with E-state index >= 15 is 0 Å². The zero-order chi connectivity index (χ0) is 19.9. The number of hydrogen-bond acceptors (Lipinski definition) is 2. The highest BCUT2D eigenvalue weighted by atomic mass is 79.9. The van der Waals surface area contributed by atoms with Gasteiger partial charge >= 0.3 is 0 Å². The fourth-order valence-corrected chi connectivity index (χ4v) is 3.14. The van der Waals surface area contributed by atoms with Crippen molar-refractivity contribution in [1.82, 2.24) is 0 Å². The Morgan fingerprint density at radius 1 is 1.00 bits per heavy atom. The van der Waals surface area contributed by atoms with Gasteiger partial charge in [-0.2, -0.15) is 5.26 Å². The molecular weight excluding hydrogens is 419 g/mol. The van der Waals surface area contributed by atoms with Crippen LogP contribution in [0.5, 0.6) is 0 Å². The second-order valence-corrected chi connectivity index (χ2v) is 6.95. The normalized spacial score (nSPS) is 11.0. The highest BCUT2D eigenvalue weighted by Gasteiger charge is 2.11. The monoisotopic (exact) mass is 434 g/mol. The first-order chi connectivity index (χ1) is 13.6. The van der Waals surface area contributed by atoms with Crippen LogP contribution in [-0.4, -0.2) is 5.91 Å². The predicted molar refractivity (Wildman–Crippen MR) is 112 cm³/mol. The number of carbonyl (C=O) groups excluding carboxylic acids is 1. The third-order valence-corrected chi connectivity index (χ3v) is 4.93. The van der Waals surface area contributed by atoms with E-state index in [4.69, 9.17) is 0 Å². The smallest absolute Gasteiger partial charge is 0.266 e. The third kappa shape index (κ3) is 4.93. The maximum atomic E-state index is 13.0. The minimum absolute atomic E-state index is 0.0242. The summed E-state index contributed by atoms with van der Waals surface area (Å²) in [5.41, 5.74) is 3.30. The molecule has 0 radical (unpaired) electrons. The number of hydrogen-bond donors (Lipinski definition) is 1. The zero-order valence-corrected chi connectivity index (χ0v) is 16.4. The first-order valence-electron chi connectivity index (χ1n) is 8.57. The molecule has 0 aliphatic heterocycles. The standard InChI is InChI=1S/C23H16BrFN2O/c24-22-8-4-3-7-18(22)13-16-5-1-2-6-17(16)14-19(15-26)23(28)27-21-11-9-20(25)10-12-21/h1-12,14H,13H2,(H,27,28)/b19-14+. The van der Waals surface area contributed by atoms with Gasteiger partial charge < -0.3 is 5.32 Å². The minimum atomic E-state index is -0.537. The van der Waals surface area contributed by atoms with E-state index in [1.807, 2.05) is 54.6 Å². The van der Waals surface area contributed by atoms with Gasteiger partial charge in [0, 0.05) is 10.2 Å². The van der Waals surface area contributed by atoms with Gasteiger partial charge in [0.15, 0.2) is 0 Å². The molecule has 0 aliphatic rings. The van der Waals surface area contributed by atoms with Gasteiger partial charge in [-0.25, -0.2) is 4.39 Å². The Hall–Kier alpha value is -3.23. The van der Waals surface area contributed by atoms with Crippen LogP contribution in [0.2, 0.25) is 0 Å². The molecule has 138 valence electrons. The van der Waals surface area contributed by atoms with Crippen molar-refractivity contribution >= 4 is 33.6 Å². The number of amides is 1. The van der Waals surface area contributed by atoms with Crippen LogP contribution in [0.15, 0.2) is 82.8 Å². The molecule has 0 fully saturated rings. The van der Waals surface area contributed by atoms with Crippen LogP contribution in [0.25, 0.3) is 6.08 Å². The molecule has 0 bridgehead atoms. The molecule has 3 aromatic rings. The second-order valence-electron chi connectivity index (χ2n) is 6.10. The summed E-state index contributed by atoms with van der Waals surface area (Å²) in [7, 11) is 0. The fraction of sp³-hybridized carbons (Fsp3) is 0.0435. The van der Waals surface area contributed by atoms with Gasteiger partial charge in [-0.05, 0) is 59.5 Å². The number of nitriles is 1. The van der Waals surface area contributed by atoms with E-state index in [-0.39, 0.29) is 5.57 Å². The third-order valence-electron chi connectivity index (χ3n) is 4.16. The van der Waals surface area contributed by atoms with Crippen molar-refractivity contribution in [3.8, 4) is 6.07 Å². The van der Waals surface area contributed by atoms with E-state index in [1.165, 1.54) is 24.3 Å². The van der Waals surface area contributed by atoms with Gasteiger partial charge in [0.25, 0.3) is 5.91 Å². The van der Waals surface area contributed by atoms with E-state index in [9.17, 15) is 14.4 Å². The molecule has 3 rings (SSSR count). The number of carbonyl (C=O) groups is 1. The summed E-state index contributed by atoms with van der Waals surface area (Å²) in [6.07, 6.45) is 2.23. The number of nitrogens with one attached hydrogen (secondary N) is 1. The Labute approximate surface area is 171 Å². The molecule has 0 saturated carbocycles. The summed E-state index contributed by atoms with van der Waals surface area (Å²) in [6, 6.07) is 22.9. The van der Waals surface area contributed by atoms with Crippen molar-refractivity contribution in [2.75, 3.05) is 5.32 Å². The average Bonchev–Trinajstić information content (AvgIpc) is 2.70. The molecule has 5 heteroatoms. The lowest BCUT2D eigenvalue weighted by molar-refractivity contribution is -0.112. The first-order valence-corrected chi connectivity index (χ1v) is 9.36. The fourth-order valence-electron chi connectivity index (χ4n) is 2.72. The number of rotatable bonds is 5. The molecule has 0 unspecified atom stereocenters. The highest BCUT2D eigenvalue weighted by Crippen LogP contribution is 2.23. The van der Waals surface area contributed by atoms with E-state index in [2.05, 4.69) is 21.2 Å². The number of nitrogens with zero attached hydrogens (tertiary/aromatic N) is 1. The molecular formula is C23H16BrFN2O. The van der Waals surface area contributed by atoms with Gasteiger partial charge in [0.05, 0.1) is 0 Å². The molecule has 0 aliphatic carbocycles. The Morgan fingerprint density at radius 2 is 1.64 bits per heavy atom. The lowest BCUT2D eigenvalue weighted by atomic mass is 9.98.